The van der Waals surface area contributed by atoms with Gasteiger partial charge in [0.1, 0.15) is 5.57 Å². The van der Waals surface area contributed by atoms with Gasteiger partial charge >= 0.3 is 6.03 Å². The standard InChI is InChI=1S/C33H21Cl2N3O3/c34-26-17-10-18-27(29(26)35)38-32(40)25(31(39)36-33(38)41)19-23-20-28(21-11-4-1-5-12-21)37(24-15-8-3-9-16-24)30(23)22-13-6-2-7-14-22/h1-20H,(H,36,39,41)/b25-19-. The predicted octanol–water partition coefficient (Wildman–Crippen LogP) is 7.78. The van der Waals surface area contributed by atoms with E-state index in [-0.39, 0.29) is 21.3 Å². The van der Waals surface area contributed by atoms with Crippen LogP contribution in [0.15, 0.2) is 121 Å². The highest BCUT2D eigenvalue weighted by Crippen LogP contribution is 2.38. The second kappa shape index (κ2) is 10.9. The Hall–Kier alpha value is -4.91. The Morgan fingerprint density at radius 2 is 1.29 bits per heavy atom. The Morgan fingerprint density at radius 1 is 0.683 bits per heavy atom. The summed E-state index contributed by atoms with van der Waals surface area (Å²) in [5.41, 5.74) is 4.82. The number of carbonyl (C=O) groups is 3. The van der Waals surface area contributed by atoms with E-state index in [1.165, 1.54) is 12.1 Å². The molecule has 6 nitrogen and oxygen atoms in total. The summed E-state index contributed by atoms with van der Waals surface area (Å²) in [4.78, 5) is 40.5. The van der Waals surface area contributed by atoms with Crippen molar-refractivity contribution in [2.24, 2.45) is 0 Å². The van der Waals surface area contributed by atoms with Crippen LogP contribution in [0.1, 0.15) is 5.56 Å². The molecule has 4 aromatic carbocycles. The third kappa shape index (κ3) is 4.84. The van der Waals surface area contributed by atoms with Gasteiger partial charge in [0, 0.05) is 11.3 Å². The second-order valence-electron chi connectivity index (χ2n) is 9.27. The first-order chi connectivity index (χ1) is 19.9. The number of halogens is 2. The van der Waals surface area contributed by atoms with Crippen molar-refractivity contribution in [2.45, 2.75) is 0 Å². The van der Waals surface area contributed by atoms with Crippen LogP contribution in [0.3, 0.4) is 0 Å². The van der Waals surface area contributed by atoms with Gasteiger partial charge in [-0.15, -0.1) is 0 Å². The van der Waals surface area contributed by atoms with Crippen molar-refractivity contribution in [3.8, 4) is 28.2 Å². The molecule has 1 N–H and O–H groups in total. The van der Waals surface area contributed by atoms with Gasteiger partial charge in [0.05, 0.1) is 27.1 Å². The monoisotopic (exact) mass is 577 g/mol. The van der Waals surface area contributed by atoms with E-state index in [0.29, 0.717) is 5.56 Å². The minimum Gasteiger partial charge on any atom is -0.309 e. The van der Waals surface area contributed by atoms with Crippen LogP contribution in [0.25, 0.3) is 34.3 Å². The summed E-state index contributed by atoms with van der Waals surface area (Å²) in [6, 6.07) is 35.0. The molecule has 200 valence electrons. The number of anilines is 1. The largest absolute Gasteiger partial charge is 0.336 e. The fraction of sp³-hybridized carbons (Fsp3) is 0. The molecule has 6 rings (SSSR count). The number of nitrogens with one attached hydrogen (secondary N) is 1. The first-order valence-corrected chi connectivity index (χ1v) is 13.5. The molecule has 1 aliphatic rings. The zero-order valence-electron chi connectivity index (χ0n) is 21.4. The number of para-hydroxylation sites is 1. The Bertz CT molecular complexity index is 1830. The van der Waals surface area contributed by atoms with Crippen molar-refractivity contribution in [1.29, 1.82) is 0 Å². The number of hydrogen-bond acceptors (Lipinski definition) is 3. The average Bonchev–Trinajstić information content (AvgIpc) is 3.38. The summed E-state index contributed by atoms with van der Waals surface area (Å²) >= 11 is 12.5. The molecule has 0 atom stereocenters. The van der Waals surface area contributed by atoms with Gasteiger partial charge in [-0.25, -0.2) is 9.69 Å². The summed E-state index contributed by atoms with van der Waals surface area (Å²) in [5.74, 6) is -1.61. The van der Waals surface area contributed by atoms with Gasteiger partial charge in [0.15, 0.2) is 0 Å². The van der Waals surface area contributed by atoms with Gasteiger partial charge in [0.25, 0.3) is 11.8 Å². The molecule has 5 aromatic rings. The molecule has 2 heterocycles. The number of carbonyl (C=O) groups excluding carboxylic acids is 3. The number of benzene rings is 4. The molecule has 8 heteroatoms. The lowest BCUT2D eigenvalue weighted by Crippen LogP contribution is -2.54. The van der Waals surface area contributed by atoms with Crippen molar-refractivity contribution in [3.05, 3.63) is 136 Å². The van der Waals surface area contributed by atoms with Crippen molar-refractivity contribution >= 4 is 52.8 Å². The number of aromatic nitrogens is 1. The minimum atomic E-state index is -0.906. The third-order valence-corrected chi connectivity index (χ3v) is 7.54. The molecule has 0 bridgehead atoms. The van der Waals surface area contributed by atoms with Crippen molar-refractivity contribution in [2.75, 3.05) is 4.90 Å². The Labute approximate surface area is 246 Å². The number of amides is 4. The lowest BCUT2D eigenvalue weighted by molar-refractivity contribution is -0.122. The van der Waals surface area contributed by atoms with Crippen LogP contribution in [0.5, 0.6) is 0 Å². The van der Waals surface area contributed by atoms with E-state index in [2.05, 4.69) is 9.88 Å². The molecule has 0 saturated carbocycles. The topological polar surface area (TPSA) is 71.4 Å². The third-order valence-electron chi connectivity index (χ3n) is 6.73. The number of barbiturate groups is 1. The van der Waals surface area contributed by atoms with Crippen LogP contribution in [0.4, 0.5) is 10.5 Å². The lowest BCUT2D eigenvalue weighted by atomic mass is 10.0. The molecule has 1 saturated heterocycles. The van der Waals surface area contributed by atoms with Crippen LogP contribution >= 0.6 is 23.2 Å². The van der Waals surface area contributed by atoms with Crippen LogP contribution in [0.2, 0.25) is 10.0 Å². The van der Waals surface area contributed by atoms with Crippen molar-refractivity contribution in [1.82, 2.24) is 9.88 Å². The smallest absolute Gasteiger partial charge is 0.309 e. The van der Waals surface area contributed by atoms with Crippen LogP contribution in [-0.2, 0) is 9.59 Å². The Balaban J connectivity index is 1.60. The van der Waals surface area contributed by atoms with Gasteiger partial charge in [-0.3, -0.25) is 14.9 Å². The lowest BCUT2D eigenvalue weighted by Gasteiger charge is -2.27. The van der Waals surface area contributed by atoms with Crippen LogP contribution in [-0.4, -0.2) is 22.4 Å². The first-order valence-electron chi connectivity index (χ1n) is 12.7. The normalized spacial score (nSPS) is 14.4. The van der Waals surface area contributed by atoms with Crippen LogP contribution in [0, 0.1) is 0 Å². The van der Waals surface area contributed by atoms with Gasteiger partial charge in [0.2, 0.25) is 0 Å². The molecule has 0 radical (unpaired) electrons. The molecular formula is C33H21Cl2N3O3. The van der Waals surface area contributed by atoms with E-state index in [4.69, 9.17) is 23.2 Å². The highest BCUT2D eigenvalue weighted by atomic mass is 35.5. The highest BCUT2D eigenvalue weighted by molar-refractivity contribution is 6.46. The van der Waals surface area contributed by atoms with E-state index < -0.39 is 17.8 Å². The Kier molecular flexibility index (Phi) is 7.01. The summed E-state index contributed by atoms with van der Waals surface area (Å²) < 4.78 is 2.10. The summed E-state index contributed by atoms with van der Waals surface area (Å²) in [6.45, 7) is 0. The van der Waals surface area contributed by atoms with E-state index in [1.807, 2.05) is 97.1 Å². The fourth-order valence-electron chi connectivity index (χ4n) is 4.90. The van der Waals surface area contributed by atoms with Crippen molar-refractivity contribution in [3.63, 3.8) is 0 Å². The maximum atomic E-state index is 13.8. The fourth-order valence-corrected chi connectivity index (χ4v) is 5.28. The average molecular weight is 578 g/mol. The zero-order chi connectivity index (χ0) is 28.5. The number of hydrogen-bond donors (Lipinski definition) is 1. The quantitative estimate of drug-likeness (QED) is 0.171. The molecule has 0 spiro atoms. The summed E-state index contributed by atoms with van der Waals surface area (Å²) in [5, 5.41) is 2.47. The minimum absolute atomic E-state index is 0.0259. The molecular weight excluding hydrogens is 557 g/mol. The second-order valence-corrected chi connectivity index (χ2v) is 10.1. The molecule has 0 aliphatic carbocycles. The number of imide groups is 2. The maximum Gasteiger partial charge on any atom is 0.336 e. The van der Waals surface area contributed by atoms with E-state index in [0.717, 1.165) is 33.1 Å². The molecule has 1 fully saturated rings. The Morgan fingerprint density at radius 3 is 1.95 bits per heavy atom. The maximum absolute atomic E-state index is 13.8. The summed E-state index contributed by atoms with van der Waals surface area (Å²) in [6.07, 6.45) is 1.52. The van der Waals surface area contributed by atoms with Gasteiger partial charge < -0.3 is 4.57 Å². The van der Waals surface area contributed by atoms with E-state index in [1.54, 1.807) is 12.1 Å². The van der Waals surface area contributed by atoms with Crippen molar-refractivity contribution < 1.29 is 14.4 Å². The first kappa shape index (κ1) is 26.3. The van der Waals surface area contributed by atoms with Crippen LogP contribution < -0.4 is 10.2 Å². The molecule has 1 aromatic heterocycles. The molecule has 4 amide bonds. The zero-order valence-corrected chi connectivity index (χ0v) is 22.9. The van der Waals surface area contributed by atoms with Gasteiger partial charge in [-0.1, -0.05) is 108 Å². The molecule has 41 heavy (non-hydrogen) atoms. The number of nitrogens with zero attached hydrogens (tertiary/aromatic N) is 2. The van der Waals surface area contributed by atoms with E-state index in [9.17, 15) is 14.4 Å². The van der Waals surface area contributed by atoms with Gasteiger partial charge in [-0.2, -0.15) is 0 Å². The summed E-state index contributed by atoms with van der Waals surface area (Å²) in [7, 11) is 0. The SMILES string of the molecule is O=C1NC(=O)N(c2cccc(Cl)c2Cl)C(=O)/C1=C\c1cc(-c2ccccc2)n(-c2ccccc2)c1-c1ccccc1. The number of rotatable bonds is 5. The molecule has 0 unspecified atom stereocenters. The van der Waals surface area contributed by atoms with Gasteiger partial charge in [-0.05, 0) is 47.5 Å². The van der Waals surface area contributed by atoms with E-state index >= 15 is 0 Å². The highest BCUT2D eigenvalue weighted by Gasteiger charge is 2.38. The molecule has 1 aliphatic heterocycles. The predicted molar refractivity (Wildman–Crippen MR) is 162 cm³/mol. The number of urea groups is 1.